The highest BCUT2D eigenvalue weighted by molar-refractivity contribution is 5.83. The molecular formula is C19H21N5O3. The van der Waals surface area contributed by atoms with E-state index in [1.807, 2.05) is 36.4 Å². The second-order valence-corrected chi connectivity index (χ2v) is 6.36. The van der Waals surface area contributed by atoms with E-state index in [1.165, 1.54) is 6.92 Å². The molecule has 0 bridgehead atoms. The molecule has 0 radical (unpaired) electrons. The maximum Gasteiger partial charge on any atom is 0.245 e. The number of hydroxylamine groups is 1. The lowest BCUT2D eigenvalue weighted by molar-refractivity contribution is -0.130. The summed E-state index contributed by atoms with van der Waals surface area (Å²) < 4.78 is 1.63. The van der Waals surface area contributed by atoms with E-state index in [1.54, 1.807) is 16.4 Å². The van der Waals surface area contributed by atoms with Crippen molar-refractivity contribution in [3.05, 3.63) is 59.9 Å². The van der Waals surface area contributed by atoms with Gasteiger partial charge in [0.1, 0.15) is 0 Å². The third-order valence-electron chi connectivity index (χ3n) is 4.34. The number of aromatic nitrogens is 3. The number of rotatable bonds is 7. The van der Waals surface area contributed by atoms with Crippen molar-refractivity contribution in [3.8, 4) is 0 Å². The van der Waals surface area contributed by atoms with E-state index >= 15 is 0 Å². The van der Waals surface area contributed by atoms with Gasteiger partial charge in [-0.2, -0.15) is 0 Å². The Morgan fingerprint density at radius 2 is 1.96 bits per heavy atom. The Bertz CT molecular complexity index is 953. The molecule has 1 unspecified atom stereocenters. The number of carbonyl (C=O) groups is 2. The first-order valence-corrected chi connectivity index (χ1v) is 8.61. The van der Waals surface area contributed by atoms with Gasteiger partial charge in [0.25, 0.3) is 0 Å². The number of hydrogen-bond acceptors (Lipinski definition) is 5. The molecule has 3 aromatic rings. The van der Waals surface area contributed by atoms with Crippen LogP contribution in [0.3, 0.4) is 0 Å². The zero-order valence-corrected chi connectivity index (χ0v) is 14.9. The highest BCUT2D eigenvalue weighted by atomic mass is 16.5. The average Bonchev–Trinajstić information content (AvgIpc) is 3.14. The lowest BCUT2D eigenvalue weighted by atomic mass is 9.99. The molecule has 1 aromatic heterocycles. The van der Waals surface area contributed by atoms with Crippen LogP contribution in [0, 0.1) is 0 Å². The maximum atomic E-state index is 11.8. The maximum absolute atomic E-state index is 11.8. The molecule has 2 aromatic carbocycles. The fourth-order valence-electron chi connectivity index (χ4n) is 3.06. The molecule has 0 aliphatic heterocycles. The number of nitrogens with zero attached hydrogens (tertiary/aromatic N) is 3. The van der Waals surface area contributed by atoms with Gasteiger partial charge in [0, 0.05) is 6.92 Å². The van der Waals surface area contributed by atoms with Crippen LogP contribution >= 0.6 is 0 Å². The number of hydrogen-bond donors (Lipinski definition) is 3. The third-order valence-corrected chi connectivity index (χ3v) is 4.34. The predicted molar refractivity (Wildman–Crippen MR) is 98.8 cm³/mol. The molecule has 3 rings (SSSR count). The van der Waals surface area contributed by atoms with Crippen LogP contribution < -0.4 is 10.8 Å². The van der Waals surface area contributed by atoms with Crippen molar-refractivity contribution >= 4 is 22.6 Å². The molecule has 0 saturated heterocycles. The first-order chi connectivity index (χ1) is 13.1. The van der Waals surface area contributed by atoms with E-state index in [2.05, 4.69) is 21.7 Å². The molecule has 0 saturated carbocycles. The third kappa shape index (κ3) is 4.68. The summed E-state index contributed by atoms with van der Waals surface area (Å²) in [5.41, 5.74) is 3.39. The summed E-state index contributed by atoms with van der Waals surface area (Å²) in [6, 6.07) is 13.8. The molecule has 8 nitrogen and oxygen atoms in total. The van der Waals surface area contributed by atoms with Gasteiger partial charge < -0.3 is 5.32 Å². The Morgan fingerprint density at radius 1 is 1.19 bits per heavy atom. The van der Waals surface area contributed by atoms with Crippen molar-refractivity contribution in [1.82, 2.24) is 25.8 Å². The van der Waals surface area contributed by atoms with Gasteiger partial charge >= 0.3 is 0 Å². The van der Waals surface area contributed by atoms with Gasteiger partial charge in [-0.05, 0) is 22.8 Å². The van der Waals surface area contributed by atoms with Crippen molar-refractivity contribution in [2.24, 2.45) is 0 Å². The molecule has 1 heterocycles. The monoisotopic (exact) mass is 367 g/mol. The van der Waals surface area contributed by atoms with Gasteiger partial charge in [0.2, 0.25) is 11.8 Å². The number of nitrogens with one attached hydrogen (secondary N) is 2. The van der Waals surface area contributed by atoms with Crippen molar-refractivity contribution < 1.29 is 14.8 Å². The lowest BCUT2D eigenvalue weighted by Crippen LogP contribution is -2.28. The molecular weight excluding hydrogens is 346 g/mol. The van der Waals surface area contributed by atoms with Crippen molar-refractivity contribution in [3.63, 3.8) is 0 Å². The Morgan fingerprint density at radius 3 is 2.70 bits per heavy atom. The Balaban J connectivity index is 1.88. The van der Waals surface area contributed by atoms with Gasteiger partial charge in [-0.25, -0.2) is 10.2 Å². The zero-order valence-electron chi connectivity index (χ0n) is 14.9. The van der Waals surface area contributed by atoms with Gasteiger partial charge in [-0.3, -0.25) is 14.8 Å². The van der Waals surface area contributed by atoms with Gasteiger partial charge in [0.15, 0.2) is 0 Å². The van der Waals surface area contributed by atoms with Crippen LogP contribution in [0.1, 0.15) is 30.6 Å². The van der Waals surface area contributed by atoms with Crippen LogP contribution in [0.15, 0.2) is 48.7 Å². The lowest BCUT2D eigenvalue weighted by Gasteiger charge is -2.19. The van der Waals surface area contributed by atoms with Gasteiger partial charge in [0.05, 0.1) is 30.9 Å². The average molecular weight is 367 g/mol. The summed E-state index contributed by atoms with van der Waals surface area (Å²) in [7, 11) is 0. The fraction of sp³-hybridized carbons (Fsp3) is 0.263. The van der Waals surface area contributed by atoms with E-state index in [0.717, 1.165) is 16.3 Å². The molecule has 0 spiro atoms. The number of fused-ring (bicyclic) bond motifs is 1. The summed E-state index contributed by atoms with van der Waals surface area (Å²) in [5, 5.41) is 21.9. The second-order valence-electron chi connectivity index (χ2n) is 6.36. The smallest absolute Gasteiger partial charge is 0.245 e. The molecule has 0 fully saturated rings. The first-order valence-electron chi connectivity index (χ1n) is 8.61. The normalized spacial score (nSPS) is 11.9. The molecule has 2 amide bonds. The summed E-state index contributed by atoms with van der Waals surface area (Å²) >= 11 is 0. The molecule has 8 heteroatoms. The molecule has 0 aliphatic carbocycles. The minimum atomic E-state index is -0.512. The van der Waals surface area contributed by atoms with Crippen molar-refractivity contribution in [2.75, 3.05) is 0 Å². The number of carbonyl (C=O) groups excluding carboxylic acids is 2. The minimum Gasteiger partial charge on any atom is -0.351 e. The SMILES string of the molecule is CC(=O)NCc1cnnn1C(CC(=O)NO)Cc1ccc2ccccc2c1. The molecule has 3 N–H and O–H groups in total. The standard InChI is InChI=1S/C19H21N5O3/c1-13(25)20-11-18-12-21-23-24(18)17(10-19(26)22-27)9-14-6-7-15-4-2-3-5-16(15)8-14/h2-8,12,17,27H,9-11H2,1H3,(H,20,25)(H,22,26). The highest BCUT2D eigenvalue weighted by Gasteiger charge is 2.20. The number of benzene rings is 2. The topological polar surface area (TPSA) is 109 Å². The van der Waals surface area contributed by atoms with E-state index in [0.29, 0.717) is 12.1 Å². The summed E-state index contributed by atoms with van der Waals surface area (Å²) in [5.74, 6) is -0.677. The highest BCUT2D eigenvalue weighted by Crippen LogP contribution is 2.22. The fourth-order valence-corrected chi connectivity index (χ4v) is 3.06. The van der Waals surface area contributed by atoms with Gasteiger partial charge in [-0.1, -0.05) is 47.7 Å². The quantitative estimate of drug-likeness (QED) is 0.435. The van der Waals surface area contributed by atoms with Crippen molar-refractivity contribution in [2.45, 2.75) is 32.4 Å². The van der Waals surface area contributed by atoms with Crippen LogP contribution in [-0.2, 0) is 22.6 Å². The Kier molecular flexibility index (Phi) is 5.77. The molecule has 27 heavy (non-hydrogen) atoms. The zero-order chi connectivity index (χ0) is 19.2. The van der Waals surface area contributed by atoms with Crippen LogP contribution in [0.4, 0.5) is 0 Å². The summed E-state index contributed by atoms with van der Waals surface area (Å²) in [6.07, 6.45) is 2.11. The molecule has 1 atom stereocenters. The van der Waals surface area contributed by atoms with E-state index in [4.69, 9.17) is 5.21 Å². The first kappa shape index (κ1) is 18.5. The van der Waals surface area contributed by atoms with E-state index < -0.39 is 5.91 Å². The minimum absolute atomic E-state index is 0.0275. The van der Waals surface area contributed by atoms with Crippen molar-refractivity contribution in [1.29, 1.82) is 0 Å². The Labute approximate surface area is 156 Å². The van der Waals surface area contributed by atoms with Crippen LogP contribution in [0.5, 0.6) is 0 Å². The van der Waals surface area contributed by atoms with Crippen LogP contribution in [-0.4, -0.2) is 32.0 Å². The second kappa shape index (κ2) is 8.41. The van der Waals surface area contributed by atoms with E-state index in [-0.39, 0.29) is 24.9 Å². The largest absolute Gasteiger partial charge is 0.351 e. The summed E-state index contributed by atoms with van der Waals surface area (Å²) in [4.78, 5) is 23.0. The Hall–Kier alpha value is -3.26. The van der Waals surface area contributed by atoms with E-state index in [9.17, 15) is 9.59 Å². The number of amides is 2. The van der Waals surface area contributed by atoms with Gasteiger partial charge in [-0.15, -0.1) is 5.10 Å². The summed E-state index contributed by atoms with van der Waals surface area (Å²) in [6.45, 7) is 1.69. The van der Waals surface area contributed by atoms with Crippen LogP contribution in [0.25, 0.3) is 10.8 Å². The molecule has 0 aliphatic rings. The predicted octanol–water partition coefficient (Wildman–Crippen LogP) is 1.75. The van der Waals surface area contributed by atoms with Crippen LogP contribution in [0.2, 0.25) is 0 Å². The molecule has 140 valence electrons.